The number of hydrogen-bond donors (Lipinski definition) is 3. The highest BCUT2D eigenvalue weighted by Crippen LogP contribution is 2.29. The van der Waals surface area contributed by atoms with Crippen molar-refractivity contribution in [2.45, 2.75) is 19.9 Å². The van der Waals surface area contributed by atoms with E-state index in [0.29, 0.717) is 5.69 Å². The van der Waals surface area contributed by atoms with Crippen molar-refractivity contribution in [3.8, 4) is 5.75 Å². The third-order valence-electron chi connectivity index (χ3n) is 3.88. The van der Waals surface area contributed by atoms with Gasteiger partial charge in [-0.1, -0.05) is 6.07 Å². The Kier molecular flexibility index (Phi) is 6.79. The summed E-state index contributed by atoms with van der Waals surface area (Å²) in [5.41, 5.74) is 0.705. The summed E-state index contributed by atoms with van der Waals surface area (Å²) in [6.45, 7) is 3.05. The van der Waals surface area contributed by atoms with Crippen LogP contribution in [0.2, 0.25) is 0 Å². The highest BCUT2D eigenvalue weighted by atomic mass is 32.2. The fourth-order valence-corrected chi connectivity index (χ4v) is 3.04. The number of halogens is 2. The molecule has 28 heavy (non-hydrogen) atoms. The summed E-state index contributed by atoms with van der Waals surface area (Å²) in [4.78, 5) is 12.2. The lowest BCUT2D eigenvalue weighted by molar-refractivity contribution is 0.249. The highest BCUT2D eigenvalue weighted by molar-refractivity contribution is 7.92. The number of anilines is 2. The normalized spacial score (nSPS) is 12.2. The molecular weight excluding hydrogens is 392 g/mol. The second kappa shape index (κ2) is 8.87. The van der Waals surface area contributed by atoms with Gasteiger partial charge in [-0.2, -0.15) is 0 Å². The number of sulfonamides is 1. The van der Waals surface area contributed by atoms with E-state index < -0.39 is 33.7 Å². The van der Waals surface area contributed by atoms with Crippen LogP contribution in [0.15, 0.2) is 36.4 Å². The lowest BCUT2D eigenvalue weighted by atomic mass is 10.1. The summed E-state index contributed by atoms with van der Waals surface area (Å²) in [6, 6.07) is 6.15. The Morgan fingerprint density at radius 3 is 2.50 bits per heavy atom. The van der Waals surface area contributed by atoms with E-state index in [1.807, 2.05) is 0 Å². The summed E-state index contributed by atoms with van der Waals surface area (Å²) >= 11 is 0. The highest BCUT2D eigenvalue weighted by Gasteiger charge is 2.16. The van der Waals surface area contributed by atoms with Crippen molar-refractivity contribution < 1.29 is 26.7 Å². The third-order valence-corrected chi connectivity index (χ3v) is 5.17. The number of ether oxygens (including phenoxy) is 1. The van der Waals surface area contributed by atoms with Crippen molar-refractivity contribution in [1.29, 1.82) is 0 Å². The monoisotopic (exact) mass is 413 g/mol. The summed E-state index contributed by atoms with van der Waals surface area (Å²) in [7, 11) is -2.12. The van der Waals surface area contributed by atoms with Crippen LogP contribution in [0.3, 0.4) is 0 Å². The van der Waals surface area contributed by atoms with Gasteiger partial charge in [-0.15, -0.1) is 0 Å². The molecule has 7 nitrogen and oxygen atoms in total. The van der Waals surface area contributed by atoms with E-state index in [1.165, 1.54) is 38.3 Å². The number of carbonyl (C=O) groups is 1. The minimum Gasteiger partial charge on any atom is -0.494 e. The molecule has 10 heteroatoms. The number of benzene rings is 2. The van der Waals surface area contributed by atoms with Crippen LogP contribution in [0.5, 0.6) is 5.75 Å². The van der Waals surface area contributed by atoms with Gasteiger partial charge in [-0.25, -0.2) is 22.0 Å². The zero-order chi connectivity index (χ0) is 20.9. The van der Waals surface area contributed by atoms with E-state index in [4.69, 9.17) is 4.74 Å². The minimum atomic E-state index is -3.49. The molecule has 3 N–H and O–H groups in total. The molecule has 0 heterocycles. The number of urea groups is 1. The first-order valence-corrected chi connectivity index (χ1v) is 10.0. The zero-order valence-corrected chi connectivity index (χ0v) is 16.4. The van der Waals surface area contributed by atoms with Gasteiger partial charge >= 0.3 is 6.03 Å². The first-order chi connectivity index (χ1) is 13.1. The van der Waals surface area contributed by atoms with Crippen LogP contribution in [0.25, 0.3) is 0 Å². The maximum Gasteiger partial charge on any atom is 0.319 e. The number of rotatable bonds is 7. The molecule has 2 aromatic rings. The van der Waals surface area contributed by atoms with Crippen LogP contribution >= 0.6 is 0 Å². The van der Waals surface area contributed by atoms with E-state index in [0.717, 1.165) is 12.1 Å². The molecule has 0 saturated heterocycles. The summed E-state index contributed by atoms with van der Waals surface area (Å²) in [5, 5.41) is 5.09. The van der Waals surface area contributed by atoms with Crippen LogP contribution in [0, 0.1) is 11.6 Å². The van der Waals surface area contributed by atoms with E-state index in [1.54, 1.807) is 6.92 Å². The van der Waals surface area contributed by atoms with E-state index in [2.05, 4.69) is 15.4 Å². The Morgan fingerprint density at radius 1 is 1.18 bits per heavy atom. The van der Waals surface area contributed by atoms with Crippen molar-refractivity contribution in [3.63, 3.8) is 0 Å². The molecule has 0 spiro atoms. The largest absolute Gasteiger partial charge is 0.494 e. The van der Waals surface area contributed by atoms with E-state index in [9.17, 15) is 22.0 Å². The predicted octanol–water partition coefficient (Wildman–Crippen LogP) is 3.62. The van der Waals surface area contributed by atoms with E-state index in [-0.39, 0.29) is 22.8 Å². The maximum atomic E-state index is 13.8. The number of methoxy groups -OCH3 is 1. The van der Waals surface area contributed by atoms with Crippen molar-refractivity contribution in [1.82, 2.24) is 5.32 Å². The molecule has 0 bridgehead atoms. The second-order valence-corrected chi connectivity index (χ2v) is 7.92. The Balaban J connectivity index is 2.09. The average Bonchev–Trinajstić information content (AvgIpc) is 2.62. The average molecular weight is 413 g/mol. The van der Waals surface area contributed by atoms with Gasteiger partial charge in [0.1, 0.15) is 17.4 Å². The molecule has 0 saturated carbocycles. The van der Waals surface area contributed by atoms with Gasteiger partial charge in [0.25, 0.3) is 0 Å². The SMILES string of the molecule is CCS(=O)(=O)Nc1ccc(NC(=O)NC(C)c2ccc(F)cc2F)cc1OC. The molecule has 2 rings (SSSR count). The van der Waals surface area contributed by atoms with Crippen molar-refractivity contribution in [2.75, 3.05) is 22.9 Å². The number of amides is 2. The lowest BCUT2D eigenvalue weighted by Crippen LogP contribution is -2.31. The quantitative estimate of drug-likeness (QED) is 0.646. The molecule has 2 aromatic carbocycles. The Bertz CT molecular complexity index is 967. The molecule has 0 radical (unpaired) electrons. The van der Waals surface area contributed by atoms with Crippen LogP contribution in [-0.4, -0.2) is 27.3 Å². The first kappa shape index (κ1) is 21.4. The molecule has 1 atom stereocenters. The van der Waals surface area contributed by atoms with Crippen LogP contribution in [0.1, 0.15) is 25.5 Å². The zero-order valence-electron chi connectivity index (χ0n) is 15.5. The van der Waals surface area contributed by atoms with Gasteiger partial charge in [0.15, 0.2) is 0 Å². The fraction of sp³-hybridized carbons (Fsp3) is 0.278. The Hall–Kier alpha value is -2.88. The molecule has 0 aliphatic rings. The van der Waals surface area contributed by atoms with Crippen molar-refractivity contribution in [2.24, 2.45) is 0 Å². The molecule has 1 unspecified atom stereocenters. The molecule has 152 valence electrons. The number of hydrogen-bond acceptors (Lipinski definition) is 4. The van der Waals surface area contributed by atoms with Crippen LogP contribution < -0.4 is 20.1 Å². The fourth-order valence-electron chi connectivity index (χ4n) is 2.39. The first-order valence-electron chi connectivity index (χ1n) is 8.36. The predicted molar refractivity (Wildman–Crippen MR) is 103 cm³/mol. The van der Waals surface area contributed by atoms with Gasteiger partial charge in [-0.3, -0.25) is 4.72 Å². The summed E-state index contributed by atoms with van der Waals surface area (Å²) in [6.07, 6.45) is 0. The van der Waals surface area contributed by atoms with Crippen LogP contribution in [0.4, 0.5) is 25.0 Å². The van der Waals surface area contributed by atoms with Gasteiger partial charge < -0.3 is 15.4 Å². The molecule has 0 aliphatic heterocycles. The standard InChI is InChI=1S/C18H21F2N3O4S/c1-4-28(25,26)23-16-8-6-13(10-17(16)27-3)22-18(24)21-11(2)14-7-5-12(19)9-15(14)20/h5-11,23H,4H2,1-3H3,(H2,21,22,24). The van der Waals surface area contributed by atoms with Gasteiger partial charge in [0.05, 0.1) is 24.6 Å². The number of nitrogens with one attached hydrogen (secondary N) is 3. The van der Waals surface area contributed by atoms with E-state index >= 15 is 0 Å². The second-order valence-electron chi connectivity index (χ2n) is 5.91. The van der Waals surface area contributed by atoms with Crippen molar-refractivity contribution in [3.05, 3.63) is 53.6 Å². The molecule has 0 aromatic heterocycles. The topological polar surface area (TPSA) is 96.5 Å². The maximum absolute atomic E-state index is 13.8. The lowest BCUT2D eigenvalue weighted by Gasteiger charge is -2.17. The number of carbonyl (C=O) groups excluding carboxylic acids is 1. The Labute approximate surface area is 162 Å². The minimum absolute atomic E-state index is 0.101. The summed E-state index contributed by atoms with van der Waals surface area (Å²) in [5.74, 6) is -1.35. The smallest absolute Gasteiger partial charge is 0.319 e. The van der Waals surface area contributed by atoms with Gasteiger partial charge in [-0.05, 0) is 32.0 Å². The van der Waals surface area contributed by atoms with Gasteiger partial charge in [0, 0.05) is 23.4 Å². The molecule has 0 fully saturated rings. The van der Waals surface area contributed by atoms with Gasteiger partial charge in [0.2, 0.25) is 10.0 Å². The molecule has 2 amide bonds. The molecular formula is C18H21F2N3O4S. The van der Waals surface area contributed by atoms with Crippen molar-refractivity contribution >= 4 is 27.4 Å². The Morgan fingerprint density at radius 2 is 1.89 bits per heavy atom. The molecule has 0 aliphatic carbocycles. The van der Waals surface area contributed by atoms with Crippen LogP contribution in [-0.2, 0) is 10.0 Å². The summed E-state index contributed by atoms with van der Waals surface area (Å²) < 4.78 is 57.7. The third kappa shape index (κ3) is 5.56.